The lowest BCUT2D eigenvalue weighted by Crippen LogP contribution is -2.12. The molecule has 0 atom stereocenters. The van der Waals surface area contributed by atoms with E-state index in [0.717, 1.165) is 6.54 Å². The van der Waals surface area contributed by atoms with E-state index in [4.69, 9.17) is 0 Å². The van der Waals surface area contributed by atoms with Gasteiger partial charge in [0.15, 0.2) is 5.78 Å². The van der Waals surface area contributed by atoms with Crippen molar-refractivity contribution in [2.24, 2.45) is 5.92 Å². The fourth-order valence-electron chi connectivity index (χ4n) is 1.22. The molecule has 0 spiro atoms. The minimum atomic E-state index is 0.0107. The van der Waals surface area contributed by atoms with E-state index < -0.39 is 0 Å². The van der Waals surface area contributed by atoms with Crippen molar-refractivity contribution in [3.8, 4) is 0 Å². The molecule has 1 heterocycles. The molecule has 0 fully saturated rings. The minimum Gasteiger partial charge on any atom is -0.370 e. The Balaban J connectivity index is 3.00. The lowest BCUT2D eigenvalue weighted by molar-refractivity contribution is 0.0940. The van der Waals surface area contributed by atoms with Gasteiger partial charge >= 0.3 is 0 Å². The van der Waals surface area contributed by atoms with Crippen LogP contribution >= 0.6 is 0 Å². The van der Waals surface area contributed by atoms with Crippen LogP contribution in [-0.4, -0.2) is 17.3 Å². The van der Waals surface area contributed by atoms with E-state index >= 15 is 0 Å². The van der Waals surface area contributed by atoms with Crippen LogP contribution in [0.2, 0.25) is 0 Å². The predicted molar refractivity (Wildman–Crippen MR) is 57.6 cm³/mol. The Morgan fingerprint density at radius 3 is 2.86 bits per heavy atom. The second-order valence-corrected chi connectivity index (χ2v) is 3.45. The summed E-state index contributed by atoms with van der Waals surface area (Å²) in [5.74, 6) is 0.833. The van der Waals surface area contributed by atoms with Crippen molar-refractivity contribution in [1.82, 2.24) is 4.98 Å². The fraction of sp³-hybridized carbons (Fsp3) is 0.455. The molecule has 1 rings (SSSR count). The quantitative estimate of drug-likeness (QED) is 0.744. The third kappa shape index (κ3) is 2.31. The Morgan fingerprint density at radius 2 is 2.29 bits per heavy atom. The molecule has 76 valence electrons. The lowest BCUT2D eigenvalue weighted by Gasteiger charge is -2.09. The lowest BCUT2D eigenvalue weighted by atomic mass is 10.0. The number of anilines is 1. The number of nitrogens with one attached hydrogen (secondary N) is 1. The SMILES string of the molecule is CCNc1ncccc1C(=O)C(C)C. The summed E-state index contributed by atoms with van der Waals surface area (Å²) in [5.41, 5.74) is 0.685. The van der Waals surface area contributed by atoms with Crippen LogP contribution in [0.3, 0.4) is 0 Å². The first-order valence-electron chi connectivity index (χ1n) is 4.90. The maximum absolute atomic E-state index is 11.8. The molecule has 0 radical (unpaired) electrons. The number of aromatic nitrogens is 1. The summed E-state index contributed by atoms with van der Waals surface area (Å²) in [6.07, 6.45) is 1.69. The second-order valence-electron chi connectivity index (χ2n) is 3.45. The van der Waals surface area contributed by atoms with Crippen LogP contribution in [0.5, 0.6) is 0 Å². The molecule has 0 bridgehead atoms. The van der Waals surface area contributed by atoms with Gasteiger partial charge in [-0.1, -0.05) is 13.8 Å². The smallest absolute Gasteiger partial charge is 0.169 e. The van der Waals surface area contributed by atoms with Gasteiger partial charge in [0.1, 0.15) is 5.82 Å². The summed E-state index contributed by atoms with van der Waals surface area (Å²) in [7, 11) is 0. The van der Waals surface area contributed by atoms with E-state index in [-0.39, 0.29) is 11.7 Å². The van der Waals surface area contributed by atoms with E-state index in [1.54, 1.807) is 12.3 Å². The minimum absolute atomic E-state index is 0.0107. The second kappa shape index (κ2) is 4.74. The van der Waals surface area contributed by atoms with E-state index in [9.17, 15) is 4.79 Å². The first kappa shape index (κ1) is 10.7. The summed E-state index contributed by atoms with van der Waals surface area (Å²) >= 11 is 0. The van der Waals surface area contributed by atoms with Crippen LogP contribution in [0.4, 0.5) is 5.82 Å². The van der Waals surface area contributed by atoms with Crippen molar-refractivity contribution in [2.75, 3.05) is 11.9 Å². The van der Waals surface area contributed by atoms with Crippen LogP contribution < -0.4 is 5.32 Å². The van der Waals surface area contributed by atoms with Gasteiger partial charge in [0, 0.05) is 18.7 Å². The van der Waals surface area contributed by atoms with Gasteiger partial charge in [-0.25, -0.2) is 4.98 Å². The van der Waals surface area contributed by atoms with Gasteiger partial charge < -0.3 is 5.32 Å². The van der Waals surface area contributed by atoms with Crippen molar-refractivity contribution < 1.29 is 4.79 Å². The Morgan fingerprint density at radius 1 is 1.57 bits per heavy atom. The van der Waals surface area contributed by atoms with Gasteiger partial charge in [-0.2, -0.15) is 0 Å². The van der Waals surface area contributed by atoms with E-state index in [1.807, 2.05) is 26.8 Å². The topological polar surface area (TPSA) is 42.0 Å². The number of pyridine rings is 1. The molecule has 0 amide bonds. The third-order valence-electron chi connectivity index (χ3n) is 1.94. The van der Waals surface area contributed by atoms with E-state index in [2.05, 4.69) is 10.3 Å². The average molecular weight is 192 g/mol. The molecular weight excluding hydrogens is 176 g/mol. The zero-order chi connectivity index (χ0) is 10.6. The zero-order valence-corrected chi connectivity index (χ0v) is 8.87. The molecule has 1 N–H and O–H groups in total. The molecule has 0 unspecified atom stereocenters. The van der Waals surface area contributed by atoms with Crippen molar-refractivity contribution in [2.45, 2.75) is 20.8 Å². The maximum atomic E-state index is 11.8. The number of rotatable bonds is 4. The third-order valence-corrected chi connectivity index (χ3v) is 1.94. The van der Waals surface area contributed by atoms with E-state index in [0.29, 0.717) is 11.4 Å². The zero-order valence-electron chi connectivity index (χ0n) is 8.87. The Labute approximate surface area is 84.6 Å². The van der Waals surface area contributed by atoms with Gasteiger partial charge in [0.05, 0.1) is 5.56 Å². The summed E-state index contributed by atoms with van der Waals surface area (Å²) < 4.78 is 0. The molecule has 0 saturated heterocycles. The maximum Gasteiger partial charge on any atom is 0.169 e. The van der Waals surface area contributed by atoms with Gasteiger partial charge in [-0.05, 0) is 19.1 Å². The van der Waals surface area contributed by atoms with Gasteiger partial charge in [-0.3, -0.25) is 4.79 Å². The average Bonchev–Trinajstić information content (AvgIpc) is 2.18. The molecule has 1 aromatic rings. The molecule has 0 aliphatic heterocycles. The first-order valence-corrected chi connectivity index (χ1v) is 4.90. The standard InChI is InChI=1S/C11H16N2O/c1-4-12-11-9(6-5-7-13-11)10(14)8(2)3/h5-8H,4H2,1-3H3,(H,12,13). The highest BCUT2D eigenvalue weighted by Gasteiger charge is 2.14. The molecular formula is C11H16N2O. The van der Waals surface area contributed by atoms with Gasteiger partial charge in [0.25, 0.3) is 0 Å². The van der Waals surface area contributed by atoms with Crippen LogP contribution in [0.25, 0.3) is 0 Å². The molecule has 14 heavy (non-hydrogen) atoms. The number of nitrogens with zero attached hydrogens (tertiary/aromatic N) is 1. The number of ketones is 1. The predicted octanol–water partition coefficient (Wildman–Crippen LogP) is 2.35. The van der Waals surface area contributed by atoms with Crippen LogP contribution in [0.1, 0.15) is 31.1 Å². The molecule has 3 heteroatoms. The molecule has 3 nitrogen and oxygen atoms in total. The number of carbonyl (C=O) groups excluding carboxylic acids is 1. The molecule has 0 aromatic carbocycles. The summed E-state index contributed by atoms with van der Waals surface area (Å²) in [6, 6.07) is 3.60. The normalized spacial score (nSPS) is 10.3. The molecule has 1 aromatic heterocycles. The highest BCUT2D eigenvalue weighted by atomic mass is 16.1. The van der Waals surface area contributed by atoms with Crippen molar-refractivity contribution >= 4 is 11.6 Å². The number of hydrogen-bond donors (Lipinski definition) is 1. The monoisotopic (exact) mass is 192 g/mol. The highest BCUT2D eigenvalue weighted by molar-refractivity contribution is 6.01. The molecule has 0 aliphatic rings. The molecule has 0 saturated carbocycles. The Hall–Kier alpha value is -1.38. The van der Waals surface area contributed by atoms with E-state index in [1.165, 1.54) is 0 Å². The number of Topliss-reactive ketones (excluding diaryl/α,β-unsaturated/α-hetero) is 1. The molecule has 0 aliphatic carbocycles. The van der Waals surface area contributed by atoms with Gasteiger partial charge in [-0.15, -0.1) is 0 Å². The summed E-state index contributed by atoms with van der Waals surface area (Å²) in [4.78, 5) is 15.9. The highest BCUT2D eigenvalue weighted by Crippen LogP contribution is 2.15. The van der Waals surface area contributed by atoms with Gasteiger partial charge in [0.2, 0.25) is 0 Å². The Kier molecular flexibility index (Phi) is 3.63. The number of hydrogen-bond acceptors (Lipinski definition) is 3. The van der Waals surface area contributed by atoms with Crippen LogP contribution in [0.15, 0.2) is 18.3 Å². The number of carbonyl (C=O) groups is 1. The van der Waals surface area contributed by atoms with Crippen LogP contribution in [0, 0.1) is 5.92 Å². The fourth-order valence-corrected chi connectivity index (χ4v) is 1.22. The summed E-state index contributed by atoms with van der Waals surface area (Å²) in [5, 5.41) is 3.08. The van der Waals surface area contributed by atoms with Crippen LogP contribution in [-0.2, 0) is 0 Å². The van der Waals surface area contributed by atoms with Crippen molar-refractivity contribution in [1.29, 1.82) is 0 Å². The Bertz CT molecular complexity index is 321. The first-order chi connectivity index (χ1) is 6.66. The summed E-state index contributed by atoms with van der Waals surface area (Å²) in [6.45, 7) is 6.55. The largest absolute Gasteiger partial charge is 0.370 e. The van der Waals surface area contributed by atoms with Crippen molar-refractivity contribution in [3.05, 3.63) is 23.9 Å². The van der Waals surface area contributed by atoms with Crippen molar-refractivity contribution in [3.63, 3.8) is 0 Å².